The number of halogens is 1. The molecule has 0 aromatic heterocycles. The van der Waals surface area contributed by atoms with Gasteiger partial charge >= 0.3 is 0 Å². The second-order valence-corrected chi connectivity index (χ2v) is 7.63. The summed E-state index contributed by atoms with van der Waals surface area (Å²) in [6.45, 7) is 9.91. The second kappa shape index (κ2) is 11.7. The minimum Gasteiger partial charge on any atom is -0.496 e. The first-order chi connectivity index (χ1) is 12.5. The first kappa shape index (κ1) is 24.0. The third-order valence-electron chi connectivity index (χ3n) is 5.21. The topological polar surface area (TPSA) is 54.9 Å². The Morgan fingerprint density at radius 2 is 1.96 bits per heavy atom. The summed E-state index contributed by atoms with van der Waals surface area (Å²) in [6.07, 6.45) is 3.08. The fourth-order valence-electron chi connectivity index (χ4n) is 3.49. The summed E-state index contributed by atoms with van der Waals surface area (Å²) in [5.74, 6) is 2.50. The number of ether oxygens (including phenoxy) is 2. The number of methoxy groups -OCH3 is 1. The molecular weight excluding hydrogens is 453 g/mol. The predicted molar refractivity (Wildman–Crippen MR) is 124 cm³/mol. The van der Waals surface area contributed by atoms with Crippen LogP contribution in [0.3, 0.4) is 0 Å². The van der Waals surface area contributed by atoms with Crippen molar-refractivity contribution in [3.63, 3.8) is 0 Å². The van der Waals surface area contributed by atoms with Crippen LogP contribution in [0.5, 0.6) is 5.75 Å². The van der Waals surface area contributed by atoms with Gasteiger partial charge in [-0.05, 0) is 38.2 Å². The number of nitrogens with zero attached hydrogens (tertiary/aromatic N) is 1. The van der Waals surface area contributed by atoms with Gasteiger partial charge < -0.3 is 20.1 Å². The smallest absolute Gasteiger partial charge is 0.191 e. The fourth-order valence-corrected chi connectivity index (χ4v) is 3.49. The highest BCUT2D eigenvalue weighted by Gasteiger charge is 2.37. The van der Waals surface area contributed by atoms with Crippen molar-refractivity contribution in [1.82, 2.24) is 10.6 Å². The number of rotatable bonds is 7. The lowest BCUT2D eigenvalue weighted by Crippen LogP contribution is -2.48. The maximum absolute atomic E-state index is 5.69. The number of benzene rings is 1. The quantitative estimate of drug-likeness (QED) is 0.347. The molecule has 1 aliphatic rings. The van der Waals surface area contributed by atoms with Crippen LogP contribution in [-0.4, -0.2) is 46.4 Å². The Kier molecular flexibility index (Phi) is 10.4. The number of guanidine groups is 1. The summed E-state index contributed by atoms with van der Waals surface area (Å²) in [5.41, 5.74) is 2.52. The third kappa shape index (κ3) is 6.82. The molecule has 0 amide bonds. The molecular formula is C21H36IN3O2. The molecule has 1 fully saturated rings. The molecule has 2 rings (SSSR count). The highest BCUT2D eigenvalue weighted by molar-refractivity contribution is 14.0. The van der Waals surface area contributed by atoms with Crippen molar-refractivity contribution in [2.75, 3.05) is 40.5 Å². The first-order valence-electron chi connectivity index (χ1n) is 9.68. The average Bonchev–Trinajstić information content (AvgIpc) is 2.65. The zero-order valence-corrected chi connectivity index (χ0v) is 19.8. The molecule has 2 N–H and O–H groups in total. The molecule has 1 aromatic carbocycles. The van der Waals surface area contributed by atoms with E-state index in [1.54, 1.807) is 7.11 Å². The lowest BCUT2D eigenvalue weighted by Gasteiger charge is -2.39. The second-order valence-electron chi connectivity index (χ2n) is 7.63. The molecule has 0 bridgehead atoms. The molecule has 0 radical (unpaired) electrons. The van der Waals surface area contributed by atoms with Crippen molar-refractivity contribution in [2.24, 2.45) is 10.9 Å². The van der Waals surface area contributed by atoms with E-state index in [2.05, 4.69) is 54.6 Å². The highest BCUT2D eigenvalue weighted by atomic mass is 127. The average molecular weight is 489 g/mol. The molecule has 0 saturated carbocycles. The maximum Gasteiger partial charge on any atom is 0.191 e. The van der Waals surface area contributed by atoms with Crippen LogP contribution in [0.2, 0.25) is 0 Å². The number of aliphatic imine (C=N–C) groups is 1. The van der Waals surface area contributed by atoms with E-state index in [9.17, 15) is 0 Å². The molecule has 0 aliphatic carbocycles. The summed E-state index contributed by atoms with van der Waals surface area (Å²) < 4.78 is 11.3. The third-order valence-corrected chi connectivity index (χ3v) is 5.21. The van der Waals surface area contributed by atoms with E-state index in [0.717, 1.165) is 57.3 Å². The van der Waals surface area contributed by atoms with Crippen LogP contribution in [-0.2, 0) is 10.2 Å². The number of hydrogen-bond donors (Lipinski definition) is 2. The van der Waals surface area contributed by atoms with Crippen LogP contribution in [0, 0.1) is 12.8 Å². The molecule has 6 heteroatoms. The number of hydrogen-bond acceptors (Lipinski definition) is 3. The van der Waals surface area contributed by atoms with Crippen LogP contribution in [0.4, 0.5) is 0 Å². The molecule has 27 heavy (non-hydrogen) atoms. The van der Waals surface area contributed by atoms with Crippen molar-refractivity contribution in [3.05, 3.63) is 29.3 Å². The Bertz CT molecular complexity index is 599. The highest BCUT2D eigenvalue weighted by Crippen LogP contribution is 2.40. The monoisotopic (exact) mass is 489 g/mol. The number of aryl methyl sites for hydroxylation is 1. The van der Waals surface area contributed by atoms with Gasteiger partial charge in [0.15, 0.2) is 5.96 Å². The summed E-state index contributed by atoms with van der Waals surface area (Å²) in [7, 11) is 3.58. The molecule has 0 unspecified atom stereocenters. The lowest BCUT2D eigenvalue weighted by atomic mass is 9.73. The van der Waals surface area contributed by atoms with Gasteiger partial charge in [-0.3, -0.25) is 4.99 Å². The van der Waals surface area contributed by atoms with Crippen molar-refractivity contribution < 1.29 is 9.47 Å². The molecule has 1 aromatic rings. The van der Waals surface area contributed by atoms with Gasteiger partial charge in [0.25, 0.3) is 0 Å². The Labute approximate surface area is 181 Å². The SMILES string of the molecule is CN=C(NCCC(C)C)NCC1(c2cc(C)ccc2OC)CCOCC1.I. The zero-order valence-electron chi connectivity index (χ0n) is 17.4. The van der Waals surface area contributed by atoms with E-state index in [4.69, 9.17) is 9.47 Å². The van der Waals surface area contributed by atoms with E-state index in [1.165, 1.54) is 11.1 Å². The van der Waals surface area contributed by atoms with Crippen LogP contribution < -0.4 is 15.4 Å². The van der Waals surface area contributed by atoms with Gasteiger partial charge in [0.2, 0.25) is 0 Å². The van der Waals surface area contributed by atoms with Crippen LogP contribution in [0.25, 0.3) is 0 Å². The van der Waals surface area contributed by atoms with Crippen LogP contribution in [0.15, 0.2) is 23.2 Å². The van der Waals surface area contributed by atoms with E-state index >= 15 is 0 Å². The predicted octanol–water partition coefficient (Wildman–Crippen LogP) is 3.88. The Balaban J connectivity index is 0.00000364. The van der Waals surface area contributed by atoms with Crippen LogP contribution in [0.1, 0.15) is 44.2 Å². The molecule has 5 nitrogen and oxygen atoms in total. The maximum atomic E-state index is 5.69. The van der Waals surface area contributed by atoms with Crippen molar-refractivity contribution in [2.45, 2.75) is 45.4 Å². The standard InChI is InChI=1S/C21H35N3O2.HI/c1-16(2)8-11-23-20(22-4)24-15-21(9-12-26-13-10-21)18-14-17(3)6-7-19(18)25-5;/h6-7,14,16H,8-13,15H2,1-5H3,(H2,22,23,24);1H. The largest absolute Gasteiger partial charge is 0.496 e. The Hall–Kier alpha value is -1.02. The van der Waals surface area contributed by atoms with E-state index in [-0.39, 0.29) is 29.4 Å². The van der Waals surface area contributed by atoms with E-state index < -0.39 is 0 Å². The van der Waals surface area contributed by atoms with Gasteiger partial charge in [-0.1, -0.05) is 31.5 Å². The zero-order chi connectivity index (χ0) is 19.0. The van der Waals surface area contributed by atoms with Gasteiger partial charge in [0.05, 0.1) is 7.11 Å². The molecule has 1 aliphatic heterocycles. The summed E-state index contributed by atoms with van der Waals surface area (Å²) in [5, 5.41) is 6.98. The van der Waals surface area contributed by atoms with Gasteiger partial charge in [-0.2, -0.15) is 0 Å². The van der Waals surface area contributed by atoms with Crippen molar-refractivity contribution >= 4 is 29.9 Å². The summed E-state index contributed by atoms with van der Waals surface area (Å²) >= 11 is 0. The molecule has 154 valence electrons. The summed E-state index contributed by atoms with van der Waals surface area (Å²) in [4.78, 5) is 4.39. The summed E-state index contributed by atoms with van der Waals surface area (Å²) in [6, 6.07) is 6.45. The van der Waals surface area contributed by atoms with Crippen molar-refractivity contribution in [1.29, 1.82) is 0 Å². The van der Waals surface area contributed by atoms with Gasteiger partial charge in [-0.25, -0.2) is 0 Å². The normalized spacial score (nSPS) is 16.6. The molecule has 1 heterocycles. The molecule has 1 saturated heterocycles. The minimum absolute atomic E-state index is 0. The lowest BCUT2D eigenvalue weighted by molar-refractivity contribution is 0.0505. The first-order valence-corrected chi connectivity index (χ1v) is 9.68. The Morgan fingerprint density at radius 1 is 1.26 bits per heavy atom. The van der Waals surface area contributed by atoms with Gasteiger partial charge in [0, 0.05) is 44.3 Å². The van der Waals surface area contributed by atoms with E-state index in [1.807, 2.05) is 7.05 Å². The minimum atomic E-state index is -0.00865. The number of nitrogens with one attached hydrogen (secondary N) is 2. The van der Waals surface area contributed by atoms with Crippen LogP contribution >= 0.6 is 24.0 Å². The Morgan fingerprint density at radius 3 is 2.56 bits per heavy atom. The van der Waals surface area contributed by atoms with Crippen molar-refractivity contribution in [3.8, 4) is 5.75 Å². The molecule has 0 spiro atoms. The van der Waals surface area contributed by atoms with Gasteiger partial charge in [-0.15, -0.1) is 24.0 Å². The van der Waals surface area contributed by atoms with E-state index in [0.29, 0.717) is 5.92 Å². The molecule has 0 atom stereocenters. The van der Waals surface area contributed by atoms with Gasteiger partial charge in [0.1, 0.15) is 5.75 Å². The fraction of sp³-hybridized carbons (Fsp3) is 0.667.